The van der Waals surface area contributed by atoms with Gasteiger partial charge in [0.05, 0.1) is 11.7 Å². The standard InChI is InChI=1S/C14H19BrINO2/c1-3-9(4-2)13(18)8-17-14(19)11-7-10(16)5-6-12(11)15/h5-7,9,13,18H,3-4,8H2,1-2H3,(H,17,19). The molecule has 1 aromatic carbocycles. The Labute approximate surface area is 136 Å². The molecule has 0 fully saturated rings. The van der Waals surface area contributed by atoms with Crippen LogP contribution in [0.15, 0.2) is 22.7 Å². The number of hydrogen-bond acceptors (Lipinski definition) is 2. The molecule has 0 saturated heterocycles. The van der Waals surface area contributed by atoms with Crippen LogP contribution >= 0.6 is 38.5 Å². The first-order chi connectivity index (χ1) is 8.99. The Hall–Kier alpha value is -0.140. The maximum atomic E-state index is 12.1. The van der Waals surface area contributed by atoms with E-state index in [1.165, 1.54) is 0 Å². The fraction of sp³-hybridized carbons (Fsp3) is 0.500. The van der Waals surface area contributed by atoms with Crippen LogP contribution in [0.1, 0.15) is 37.0 Å². The molecule has 0 bridgehead atoms. The number of nitrogens with one attached hydrogen (secondary N) is 1. The summed E-state index contributed by atoms with van der Waals surface area (Å²) >= 11 is 5.54. The highest BCUT2D eigenvalue weighted by Gasteiger charge is 2.17. The molecule has 1 amide bonds. The van der Waals surface area contributed by atoms with E-state index in [9.17, 15) is 9.90 Å². The van der Waals surface area contributed by atoms with E-state index in [4.69, 9.17) is 0 Å². The van der Waals surface area contributed by atoms with Gasteiger partial charge in [-0.25, -0.2) is 0 Å². The maximum absolute atomic E-state index is 12.1. The van der Waals surface area contributed by atoms with Crippen molar-refractivity contribution in [1.29, 1.82) is 0 Å². The van der Waals surface area contributed by atoms with Crippen LogP contribution in [0.4, 0.5) is 0 Å². The van der Waals surface area contributed by atoms with Crippen LogP contribution < -0.4 is 5.32 Å². The number of hydrogen-bond donors (Lipinski definition) is 2. The van der Waals surface area contributed by atoms with Crippen LogP contribution in [-0.4, -0.2) is 23.7 Å². The first kappa shape index (κ1) is 16.9. The number of benzene rings is 1. The largest absolute Gasteiger partial charge is 0.391 e. The molecule has 1 unspecified atom stereocenters. The highest BCUT2D eigenvalue weighted by molar-refractivity contribution is 14.1. The summed E-state index contributed by atoms with van der Waals surface area (Å²) < 4.78 is 1.77. The Bertz CT molecular complexity index is 435. The Morgan fingerprint density at radius 2 is 2.05 bits per heavy atom. The van der Waals surface area contributed by atoms with Gasteiger partial charge in [0.1, 0.15) is 0 Å². The molecule has 1 rings (SSSR count). The molecular weight excluding hydrogens is 421 g/mol. The first-order valence-electron chi connectivity index (χ1n) is 6.40. The van der Waals surface area contributed by atoms with E-state index in [2.05, 4.69) is 57.7 Å². The SMILES string of the molecule is CCC(CC)C(O)CNC(=O)c1cc(I)ccc1Br. The second-order valence-electron chi connectivity index (χ2n) is 4.48. The molecule has 0 saturated carbocycles. The molecule has 0 heterocycles. The van der Waals surface area contributed by atoms with Crippen molar-refractivity contribution in [3.8, 4) is 0 Å². The monoisotopic (exact) mass is 439 g/mol. The summed E-state index contributed by atoms with van der Waals surface area (Å²) in [7, 11) is 0. The number of carbonyl (C=O) groups is 1. The van der Waals surface area contributed by atoms with Gasteiger partial charge in [-0.15, -0.1) is 0 Å². The van der Waals surface area contributed by atoms with Gasteiger partial charge in [0, 0.05) is 14.6 Å². The van der Waals surface area contributed by atoms with Gasteiger partial charge in [0.2, 0.25) is 0 Å². The minimum Gasteiger partial charge on any atom is -0.391 e. The molecule has 3 nitrogen and oxygen atoms in total. The number of amides is 1. The van der Waals surface area contributed by atoms with Crippen LogP contribution in [0.3, 0.4) is 0 Å². The maximum Gasteiger partial charge on any atom is 0.252 e. The van der Waals surface area contributed by atoms with Crippen molar-refractivity contribution in [1.82, 2.24) is 5.32 Å². The number of halogens is 2. The first-order valence-corrected chi connectivity index (χ1v) is 8.28. The number of rotatable bonds is 6. The van der Waals surface area contributed by atoms with E-state index in [-0.39, 0.29) is 11.8 Å². The van der Waals surface area contributed by atoms with Crippen molar-refractivity contribution in [2.24, 2.45) is 5.92 Å². The van der Waals surface area contributed by atoms with Crippen molar-refractivity contribution in [2.45, 2.75) is 32.8 Å². The van der Waals surface area contributed by atoms with E-state index in [1.54, 1.807) is 0 Å². The van der Waals surface area contributed by atoms with Crippen LogP contribution in [0.5, 0.6) is 0 Å². The van der Waals surface area contributed by atoms with Crippen molar-refractivity contribution in [2.75, 3.05) is 6.54 Å². The van der Waals surface area contributed by atoms with Crippen molar-refractivity contribution >= 4 is 44.4 Å². The average molecular weight is 440 g/mol. The number of carbonyl (C=O) groups excluding carboxylic acids is 1. The van der Waals surface area contributed by atoms with E-state index in [0.717, 1.165) is 20.9 Å². The van der Waals surface area contributed by atoms with Crippen LogP contribution in [0.25, 0.3) is 0 Å². The number of aliphatic hydroxyl groups is 1. The third kappa shape index (κ3) is 5.04. The van der Waals surface area contributed by atoms with E-state index < -0.39 is 6.10 Å². The molecule has 0 aliphatic heterocycles. The van der Waals surface area contributed by atoms with Gasteiger partial charge in [0.25, 0.3) is 5.91 Å². The zero-order chi connectivity index (χ0) is 14.4. The average Bonchev–Trinajstić information content (AvgIpc) is 2.40. The quantitative estimate of drug-likeness (QED) is 0.665. The van der Waals surface area contributed by atoms with Crippen molar-refractivity contribution in [3.63, 3.8) is 0 Å². The topological polar surface area (TPSA) is 49.3 Å². The molecule has 106 valence electrons. The second kappa shape index (κ2) is 8.21. The molecule has 1 aromatic rings. The van der Waals surface area contributed by atoms with Gasteiger partial charge in [-0.05, 0) is 62.6 Å². The smallest absolute Gasteiger partial charge is 0.252 e. The normalized spacial score (nSPS) is 12.5. The molecule has 0 aliphatic carbocycles. The predicted molar refractivity (Wildman–Crippen MR) is 89.3 cm³/mol. The van der Waals surface area contributed by atoms with E-state index >= 15 is 0 Å². The number of aliphatic hydroxyl groups excluding tert-OH is 1. The van der Waals surface area contributed by atoms with Crippen molar-refractivity contribution in [3.05, 3.63) is 31.8 Å². The lowest BCUT2D eigenvalue weighted by Gasteiger charge is -2.20. The third-order valence-electron chi connectivity index (χ3n) is 3.24. The summed E-state index contributed by atoms with van der Waals surface area (Å²) in [4.78, 5) is 12.1. The molecule has 1 atom stereocenters. The van der Waals surface area contributed by atoms with Gasteiger partial charge < -0.3 is 10.4 Å². The molecule has 0 spiro atoms. The molecule has 2 N–H and O–H groups in total. The van der Waals surface area contributed by atoms with E-state index in [0.29, 0.717) is 12.1 Å². The predicted octanol–water partition coefficient (Wildman–Crippen LogP) is 3.58. The Morgan fingerprint density at radius 1 is 1.42 bits per heavy atom. The van der Waals surface area contributed by atoms with Gasteiger partial charge in [0.15, 0.2) is 0 Å². The Kier molecular flexibility index (Phi) is 7.31. The second-order valence-corrected chi connectivity index (χ2v) is 6.58. The summed E-state index contributed by atoms with van der Waals surface area (Å²) in [5.74, 6) is 0.0787. The lowest BCUT2D eigenvalue weighted by Crippen LogP contribution is -2.36. The van der Waals surface area contributed by atoms with Gasteiger partial charge in [-0.3, -0.25) is 4.79 Å². The molecule has 0 aromatic heterocycles. The minimum absolute atomic E-state index is 0.157. The molecule has 19 heavy (non-hydrogen) atoms. The lowest BCUT2D eigenvalue weighted by molar-refractivity contribution is 0.0816. The summed E-state index contributed by atoms with van der Waals surface area (Å²) in [6.45, 7) is 4.40. The van der Waals surface area contributed by atoms with Gasteiger partial charge in [-0.1, -0.05) is 26.7 Å². The van der Waals surface area contributed by atoms with Crippen LogP contribution in [-0.2, 0) is 0 Å². The highest BCUT2D eigenvalue weighted by Crippen LogP contribution is 2.19. The third-order valence-corrected chi connectivity index (χ3v) is 4.60. The highest BCUT2D eigenvalue weighted by atomic mass is 127. The van der Waals surface area contributed by atoms with Gasteiger partial charge in [-0.2, -0.15) is 0 Å². The summed E-state index contributed by atoms with van der Waals surface area (Å²) in [6, 6.07) is 5.61. The van der Waals surface area contributed by atoms with Crippen LogP contribution in [0, 0.1) is 9.49 Å². The fourth-order valence-electron chi connectivity index (χ4n) is 1.96. The zero-order valence-corrected chi connectivity index (χ0v) is 14.9. The zero-order valence-electron chi connectivity index (χ0n) is 11.1. The van der Waals surface area contributed by atoms with Crippen molar-refractivity contribution < 1.29 is 9.90 Å². The minimum atomic E-state index is -0.486. The summed E-state index contributed by atoms with van der Waals surface area (Å²) in [5.41, 5.74) is 0.601. The molecule has 5 heteroatoms. The lowest BCUT2D eigenvalue weighted by atomic mass is 9.96. The molecular formula is C14H19BrINO2. The van der Waals surface area contributed by atoms with Gasteiger partial charge >= 0.3 is 0 Å². The summed E-state index contributed by atoms with van der Waals surface area (Å²) in [6.07, 6.45) is 1.35. The Balaban J connectivity index is 2.63. The molecule has 0 aliphatic rings. The van der Waals surface area contributed by atoms with Crippen LogP contribution in [0.2, 0.25) is 0 Å². The fourth-order valence-corrected chi connectivity index (χ4v) is 2.88. The molecule has 0 radical (unpaired) electrons. The summed E-state index contributed by atoms with van der Waals surface area (Å²) in [5, 5.41) is 12.8. The Morgan fingerprint density at radius 3 is 2.63 bits per heavy atom. The van der Waals surface area contributed by atoms with E-state index in [1.807, 2.05) is 18.2 Å².